The monoisotopic (exact) mass is 605 g/mol. The molecule has 11 nitrogen and oxygen atoms in total. The second kappa shape index (κ2) is 16.7. The Morgan fingerprint density at radius 3 is 2.42 bits per heavy atom. The summed E-state index contributed by atoms with van der Waals surface area (Å²) in [5.41, 5.74) is 2.15. The summed E-state index contributed by atoms with van der Waals surface area (Å²) in [6.45, 7) is 5.11. The molecule has 0 bridgehead atoms. The first kappa shape index (κ1) is 32.8. The predicted octanol–water partition coefficient (Wildman–Crippen LogP) is 4.23. The van der Waals surface area contributed by atoms with Gasteiger partial charge in [-0.05, 0) is 48.4 Å². The highest BCUT2D eigenvalue weighted by atomic mass is 32.2. The molecule has 1 unspecified atom stereocenters. The molecule has 2 amide bonds. The topological polar surface area (TPSA) is 159 Å². The van der Waals surface area contributed by atoms with Gasteiger partial charge in [0.1, 0.15) is 12.0 Å². The van der Waals surface area contributed by atoms with E-state index in [1.807, 2.05) is 54.6 Å². The Morgan fingerprint density at radius 1 is 0.953 bits per heavy atom. The predicted molar refractivity (Wildman–Crippen MR) is 167 cm³/mol. The number of carbonyl (C=O) groups is 4. The van der Waals surface area contributed by atoms with E-state index in [-0.39, 0.29) is 30.6 Å². The van der Waals surface area contributed by atoms with Crippen LogP contribution in [0.1, 0.15) is 39.2 Å². The van der Waals surface area contributed by atoms with Gasteiger partial charge in [-0.1, -0.05) is 62.4 Å². The number of aromatic nitrogens is 1. The van der Waals surface area contributed by atoms with Gasteiger partial charge in [0, 0.05) is 24.1 Å². The lowest BCUT2D eigenvalue weighted by atomic mass is 10.0. The SMILES string of the molecule is CC(NC(=O)/C=C/c1ccccc1)N/C(=N\c1cccc2cccnc12)SCOC(=O)CCC(=O)N[C@H](C(=O)O)C(C)C. The van der Waals surface area contributed by atoms with Crippen LogP contribution in [0, 0.1) is 5.92 Å². The first-order chi connectivity index (χ1) is 20.6. The lowest BCUT2D eigenvalue weighted by Gasteiger charge is -2.18. The normalized spacial score (nSPS) is 13.0. The van der Waals surface area contributed by atoms with Crippen molar-refractivity contribution in [1.82, 2.24) is 20.9 Å². The fourth-order valence-corrected chi connectivity index (χ4v) is 4.54. The third kappa shape index (κ3) is 11.2. The Balaban J connectivity index is 1.62. The average molecular weight is 606 g/mol. The number of fused-ring (bicyclic) bond motifs is 1. The van der Waals surface area contributed by atoms with Gasteiger partial charge in [0.05, 0.1) is 23.8 Å². The highest BCUT2D eigenvalue weighted by molar-refractivity contribution is 8.13. The number of ether oxygens (including phenoxy) is 1. The molecule has 12 heteroatoms. The average Bonchev–Trinajstić information content (AvgIpc) is 2.98. The maximum atomic E-state index is 12.5. The van der Waals surface area contributed by atoms with E-state index >= 15 is 0 Å². The number of para-hydroxylation sites is 1. The zero-order valence-corrected chi connectivity index (χ0v) is 25.0. The third-order valence-corrected chi connectivity index (χ3v) is 6.70. The first-order valence-corrected chi connectivity index (χ1v) is 14.6. The number of hydrogen-bond acceptors (Lipinski definition) is 8. The van der Waals surface area contributed by atoms with Gasteiger partial charge >= 0.3 is 11.9 Å². The third-order valence-electron chi connectivity index (χ3n) is 5.98. The molecule has 0 saturated heterocycles. The molecule has 4 N–H and O–H groups in total. The van der Waals surface area contributed by atoms with E-state index in [9.17, 15) is 24.3 Å². The number of rotatable bonds is 13. The van der Waals surface area contributed by atoms with Gasteiger partial charge in [-0.3, -0.25) is 19.4 Å². The summed E-state index contributed by atoms with van der Waals surface area (Å²) < 4.78 is 5.29. The van der Waals surface area contributed by atoms with Crippen molar-refractivity contribution in [2.75, 3.05) is 5.94 Å². The second-order valence-electron chi connectivity index (χ2n) is 9.79. The number of benzene rings is 2. The molecule has 0 aliphatic rings. The fraction of sp³-hybridized carbons (Fsp3) is 0.290. The van der Waals surface area contributed by atoms with Crippen LogP contribution in [0.3, 0.4) is 0 Å². The number of amidine groups is 1. The lowest BCUT2D eigenvalue weighted by molar-refractivity contribution is -0.144. The molecule has 0 fully saturated rings. The number of carbonyl (C=O) groups excluding carboxylic acids is 3. The summed E-state index contributed by atoms with van der Waals surface area (Å²) in [5, 5.41) is 18.9. The van der Waals surface area contributed by atoms with Crippen LogP contribution < -0.4 is 16.0 Å². The van der Waals surface area contributed by atoms with Gasteiger partial charge in [0.2, 0.25) is 11.8 Å². The number of pyridine rings is 1. The van der Waals surface area contributed by atoms with Crippen LogP contribution in [0.4, 0.5) is 5.69 Å². The largest absolute Gasteiger partial charge is 0.480 e. The molecular formula is C31H35N5O6S. The van der Waals surface area contributed by atoms with Gasteiger partial charge in [0.15, 0.2) is 5.17 Å². The maximum absolute atomic E-state index is 12.5. The Hall–Kier alpha value is -4.71. The van der Waals surface area contributed by atoms with Crippen molar-refractivity contribution in [1.29, 1.82) is 0 Å². The molecule has 2 aromatic carbocycles. The number of thioether (sulfide) groups is 1. The van der Waals surface area contributed by atoms with Crippen LogP contribution in [-0.2, 0) is 23.9 Å². The standard InChI is InChI=1S/C31H35N5O6S/c1-20(2)28(30(40)41)36-26(38)16-17-27(39)42-19-43-31(35-24-13-7-11-23-12-8-18-32-29(23)24)34-21(3)33-25(37)15-14-22-9-5-4-6-10-22/h4-15,18,20-21,28H,16-17,19H2,1-3H3,(H,33,37)(H,34,35)(H,36,38)(H,40,41)/b15-14+/t21?,28-/m0/s1. The van der Waals surface area contributed by atoms with Gasteiger partial charge < -0.3 is 25.8 Å². The smallest absolute Gasteiger partial charge is 0.326 e. The molecule has 0 radical (unpaired) electrons. The molecule has 1 heterocycles. The first-order valence-electron chi connectivity index (χ1n) is 13.7. The van der Waals surface area contributed by atoms with Crippen molar-refractivity contribution in [3.63, 3.8) is 0 Å². The van der Waals surface area contributed by atoms with E-state index in [4.69, 9.17) is 4.74 Å². The Labute approximate surface area is 254 Å². The van der Waals surface area contributed by atoms with Crippen molar-refractivity contribution in [2.45, 2.75) is 45.8 Å². The van der Waals surface area contributed by atoms with Gasteiger partial charge in [-0.2, -0.15) is 0 Å². The summed E-state index contributed by atoms with van der Waals surface area (Å²) in [6, 6.07) is 17.7. The summed E-state index contributed by atoms with van der Waals surface area (Å²) in [4.78, 5) is 57.3. The van der Waals surface area contributed by atoms with Crippen LogP contribution in [0.15, 0.2) is 77.9 Å². The molecule has 0 spiro atoms. The number of amides is 2. The van der Waals surface area contributed by atoms with Gasteiger partial charge in [-0.25, -0.2) is 9.79 Å². The van der Waals surface area contributed by atoms with Crippen LogP contribution in [0.5, 0.6) is 0 Å². The molecule has 0 saturated carbocycles. The number of nitrogens with zero attached hydrogens (tertiary/aromatic N) is 2. The summed E-state index contributed by atoms with van der Waals surface area (Å²) in [7, 11) is 0. The van der Waals surface area contributed by atoms with Crippen LogP contribution >= 0.6 is 11.8 Å². The molecule has 3 rings (SSSR count). The lowest BCUT2D eigenvalue weighted by Crippen LogP contribution is -2.44. The molecule has 1 aromatic heterocycles. The van der Waals surface area contributed by atoms with Gasteiger partial charge in [-0.15, -0.1) is 0 Å². The molecule has 0 aliphatic carbocycles. The van der Waals surface area contributed by atoms with E-state index in [2.05, 4.69) is 25.9 Å². The minimum absolute atomic E-state index is 0.122. The maximum Gasteiger partial charge on any atom is 0.326 e. The number of carboxylic acid groups (broad SMARTS) is 1. The van der Waals surface area contributed by atoms with E-state index < -0.39 is 30.1 Å². The number of esters is 1. The Kier molecular flexibility index (Phi) is 12.7. The van der Waals surface area contributed by atoms with Gasteiger partial charge in [0.25, 0.3) is 0 Å². The highest BCUT2D eigenvalue weighted by Crippen LogP contribution is 2.25. The van der Waals surface area contributed by atoms with Crippen molar-refractivity contribution in [2.24, 2.45) is 10.9 Å². The number of nitrogens with one attached hydrogen (secondary N) is 3. The zero-order chi connectivity index (χ0) is 31.2. The van der Waals surface area contributed by atoms with Crippen molar-refractivity contribution in [3.05, 3.63) is 78.5 Å². The molecular weight excluding hydrogens is 570 g/mol. The van der Waals surface area contributed by atoms with E-state index in [1.165, 1.54) is 6.08 Å². The van der Waals surface area contributed by atoms with Crippen LogP contribution in [0.25, 0.3) is 17.0 Å². The van der Waals surface area contributed by atoms with Crippen molar-refractivity contribution < 1.29 is 29.0 Å². The molecule has 3 aromatic rings. The Bertz CT molecular complexity index is 1470. The number of aliphatic carboxylic acids is 1. The summed E-state index contributed by atoms with van der Waals surface area (Å²) in [5.74, 6) is -3.06. The zero-order valence-electron chi connectivity index (χ0n) is 24.2. The van der Waals surface area contributed by atoms with E-state index in [0.717, 1.165) is 22.7 Å². The molecule has 226 valence electrons. The second-order valence-corrected chi connectivity index (χ2v) is 10.7. The van der Waals surface area contributed by atoms with E-state index in [0.29, 0.717) is 16.4 Å². The summed E-state index contributed by atoms with van der Waals surface area (Å²) >= 11 is 1.09. The fourth-order valence-electron chi connectivity index (χ4n) is 3.81. The Morgan fingerprint density at radius 2 is 1.70 bits per heavy atom. The number of hydrogen-bond donors (Lipinski definition) is 4. The van der Waals surface area contributed by atoms with Crippen LogP contribution in [0.2, 0.25) is 0 Å². The number of aliphatic imine (C=N–C) groups is 1. The van der Waals surface area contributed by atoms with Crippen molar-refractivity contribution >= 4 is 63.3 Å². The highest BCUT2D eigenvalue weighted by Gasteiger charge is 2.23. The quantitative estimate of drug-likeness (QED) is 0.0735. The molecule has 2 atom stereocenters. The molecule has 0 aliphatic heterocycles. The number of carboxylic acids is 1. The molecule has 43 heavy (non-hydrogen) atoms. The summed E-state index contributed by atoms with van der Waals surface area (Å²) in [6.07, 6.45) is 3.85. The van der Waals surface area contributed by atoms with Crippen molar-refractivity contribution in [3.8, 4) is 0 Å². The minimum Gasteiger partial charge on any atom is -0.480 e. The van der Waals surface area contributed by atoms with E-state index in [1.54, 1.807) is 39.1 Å². The minimum atomic E-state index is -1.14. The van der Waals surface area contributed by atoms with Crippen LogP contribution in [-0.4, -0.2) is 57.2 Å².